The van der Waals surface area contributed by atoms with E-state index in [4.69, 9.17) is 0 Å². The first kappa shape index (κ1) is 14.0. The molecule has 1 aliphatic carbocycles. The largest absolute Gasteiger partial charge is 0.390 e. The molecule has 1 saturated carbocycles. The zero-order valence-electron chi connectivity index (χ0n) is 10.9. The minimum atomic E-state index is -0.524. The lowest BCUT2D eigenvalue weighted by atomic mass is 9.84. The third kappa shape index (κ3) is 5.31. The maximum atomic E-state index is 9.85. The molecule has 0 bridgehead atoms. The van der Waals surface area contributed by atoms with Gasteiger partial charge in [0.25, 0.3) is 0 Å². The van der Waals surface area contributed by atoms with Crippen LogP contribution < -0.4 is 0 Å². The van der Waals surface area contributed by atoms with E-state index in [0.717, 1.165) is 18.8 Å². The quantitative estimate of drug-likeness (QED) is 0.733. The smallest absolute Gasteiger partial charge is 0.0801 e. The molecule has 0 saturated heterocycles. The Balaban J connectivity index is 2.15. The van der Waals surface area contributed by atoms with Crippen LogP contribution in [0.5, 0.6) is 0 Å². The van der Waals surface area contributed by atoms with Crippen LogP contribution in [0.15, 0.2) is 0 Å². The van der Waals surface area contributed by atoms with E-state index in [9.17, 15) is 10.2 Å². The summed E-state index contributed by atoms with van der Waals surface area (Å²) in [5.41, 5.74) is 0. The molecular weight excluding hydrogens is 200 g/mol. The van der Waals surface area contributed by atoms with Gasteiger partial charge in [0.05, 0.1) is 12.2 Å². The molecule has 0 radical (unpaired) electrons. The van der Waals surface area contributed by atoms with Crippen molar-refractivity contribution in [2.75, 3.05) is 0 Å². The van der Waals surface area contributed by atoms with Crippen LogP contribution in [0.1, 0.15) is 65.2 Å². The lowest BCUT2D eigenvalue weighted by Gasteiger charge is -2.24. The van der Waals surface area contributed by atoms with E-state index < -0.39 is 12.2 Å². The van der Waals surface area contributed by atoms with Gasteiger partial charge in [-0.15, -0.1) is 0 Å². The van der Waals surface area contributed by atoms with Gasteiger partial charge in [-0.25, -0.2) is 0 Å². The number of aliphatic hydroxyl groups excluding tert-OH is 2. The lowest BCUT2D eigenvalue weighted by molar-refractivity contribution is -0.000914. The van der Waals surface area contributed by atoms with Crippen LogP contribution in [-0.2, 0) is 0 Å². The normalized spacial score (nSPS) is 22.3. The second kappa shape index (κ2) is 7.29. The molecule has 1 rings (SSSR count). The van der Waals surface area contributed by atoms with Crippen molar-refractivity contribution < 1.29 is 10.2 Å². The minimum Gasteiger partial charge on any atom is -0.390 e. The van der Waals surface area contributed by atoms with Crippen LogP contribution in [-0.4, -0.2) is 22.4 Å². The number of aliphatic hydroxyl groups is 2. The van der Waals surface area contributed by atoms with Crippen LogP contribution in [0, 0.1) is 11.8 Å². The van der Waals surface area contributed by atoms with Crippen LogP contribution >= 0.6 is 0 Å². The predicted molar refractivity (Wildman–Crippen MR) is 67.3 cm³/mol. The fourth-order valence-corrected chi connectivity index (χ4v) is 2.71. The Morgan fingerprint density at radius 3 is 2.19 bits per heavy atom. The van der Waals surface area contributed by atoms with Gasteiger partial charge in [0, 0.05) is 0 Å². The van der Waals surface area contributed by atoms with Crippen molar-refractivity contribution in [1.82, 2.24) is 0 Å². The average molecular weight is 228 g/mol. The first-order valence-electron chi connectivity index (χ1n) is 6.95. The molecule has 2 nitrogen and oxygen atoms in total. The van der Waals surface area contributed by atoms with E-state index in [0.29, 0.717) is 12.3 Å². The zero-order valence-corrected chi connectivity index (χ0v) is 10.9. The highest BCUT2D eigenvalue weighted by Gasteiger charge is 2.20. The van der Waals surface area contributed by atoms with Crippen molar-refractivity contribution in [2.45, 2.75) is 77.4 Å². The van der Waals surface area contributed by atoms with Gasteiger partial charge in [-0.3, -0.25) is 0 Å². The van der Waals surface area contributed by atoms with Crippen molar-refractivity contribution >= 4 is 0 Å². The van der Waals surface area contributed by atoms with Crippen molar-refractivity contribution in [3.8, 4) is 0 Å². The lowest BCUT2D eigenvalue weighted by Crippen LogP contribution is -2.28. The molecule has 1 fully saturated rings. The van der Waals surface area contributed by atoms with Gasteiger partial charge in [0.15, 0.2) is 0 Å². The highest BCUT2D eigenvalue weighted by Crippen LogP contribution is 2.28. The van der Waals surface area contributed by atoms with E-state index in [1.807, 2.05) is 0 Å². The van der Waals surface area contributed by atoms with Gasteiger partial charge >= 0.3 is 0 Å². The Morgan fingerprint density at radius 1 is 1.00 bits per heavy atom. The second-order valence-corrected chi connectivity index (χ2v) is 5.85. The van der Waals surface area contributed by atoms with Gasteiger partial charge in [0.1, 0.15) is 0 Å². The standard InChI is InChI=1S/C14H28O2/c1-11(2)10-14(16)13(15)9-8-12-6-4-3-5-7-12/h11-16H,3-10H2,1-2H3/t13-,14+/m1/s1. The monoisotopic (exact) mass is 228 g/mol. The molecule has 2 atom stereocenters. The molecule has 1 aliphatic rings. The topological polar surface area (TPSA) is 40.5 Å². The molecule has 0 aromatic rings. The molecule has 96 valence electrons. The highest BCUT2D eigenvalue weighted by molar-refractivity contribution is 4.72. The van der Waals surface area contributed by atoms with Gasteiger partial charge in [-0.2, -0.15) is 0 Å². The summed E-state index contributed by atoms with van der Waals surface area (Å²) in [5.74, 6) is 1.26. The summed E-state index contributed by atoms with van der Waals surface area (Å²) in [7, 11) is 0. The van der Waals surface area contributed by atoms with Gasteiger partial charge in [-0.1, -0.05) is 46.0 Å². The van der Waals surface area contributed by atoms with E-state index >= 15 is 0 Å². The maximum absolute atomic E-state index is 9.85. The van der Waals surface area contributed by atoms with Crippen LogP contribution in [0.4, 0.5) is 0 Å². The van der Waals surface area contributed by atoms with Crippen molar-refractivity contribution in [2.24, 2.45) is 11.8 Å². The average Bonchev–Trinajstić information content (AvgIpc) is 2.26. The van der Waals surface area contributed by atoms with Crippen LogP contribution in [0.3, 0.4) is 0 Å². The third-order valence-corrected chi connectivity index (χ3v) is 3.75. The Bertz CT molecular complexity index is 174. The molecule has 16 heavy (non-hydrogen) atoms. The molecule has 0 aromatic heterocycles. The van der Waals surface area contributed by atoms with Gasteiger partial charge in [0.2, 0.25) is 0 Å². The summed E-state index contributed by atoms with van der Waals surface area (Å²) in [6.45, 7) is 4.16. The molecule has 0 amide bonds. The summed E-state index contributed by atoms with van der Waals surface area (Å²) in [6.07, 6.45) is 8.30. The molecule has 0 unspecified atom stereocenters. The van der Waals surface area contributed by atoms with E-state index in [1.165, 1.54) is 32.1 Å². The van der Waals surface area contributed by atoms with Crippen molar-refractivity contribution in [1.29, 1.82) is 0 Å². The summed E-state index contributed by atoms with van der Waals surface area (Å²) in [6, 6.07) is 0. The summed E-state index contributed by atoms with van der Waals surface area (Å²) in [5, 5.41) is 19.6. The Hall–Kier alpha value is -0.0800. The molecule has 2 N–H and O–H groups in total. The fourth-order valence-electron chi connectivity index (χ4n) is 2.71. The van der Waals surface area contributed by atoms with Crippen LogP contribution in [0.25, 0.3) is 0 Å². The van der Waals surface area contributed by atoms with E-state index in [-0.39, 0.29) is 0 Å². The summed E-state index contributed by atoms with van der Waals surface area (Å²) >= 11 is 0. The number of hydrogen-bond acceptors (Lipinski definition) is 2. The number of hydrogen-bond donors (Lipinski definition) is 2. The first-order chi connectivity index (χ1) is 7.59. The molecule has 0 spiro atoms. The van der Waals surface area contributed by atoms with E-state index in [2.05, 4.69) is 13.8 Å². The zero-order chi connectivity index (χ0) is 12.0. The predicted octanol–water partition coefficient (Wildman–Crippen LogP) is 3.11. The second-order valence-electron chi connectivity index (χ2n) is 5.85. The minimum absolute atomic E-state index is 0.458. The fraction of sp³-hybridized carbons (Fsp3) is 1.00. The Labute approximate surface area is 100 Å². The molecule has 2 heteroatoms. The molecule has 0 heterocycles. The third-order valence-electron chi connectivity index (χ3n) is 3.75. The van der Waals surface area contributed by atoms with Gasteiger partial charge in [-0.05, 0) is 31.1 Å². The maximum Gasteiger partial charge on any atom is 0.0801 e. The van der Waals surface area contributed by atoms with Crippen molar-refractivity contribution in [3.63, 3.8) is 0 Å². The van der Waals surface area contributed by atoms with Gasteiger partial charge < -0.3 is 10.2 Å². The highest BCUT2D eigenvalue weighted by atomic mass is 16.3. The summed E-state index contributed by atoms with van der Waals surface area (Å²) in [4.78, 5) is 0. The first-order valence-corrected chi connectivity index (χ1v) is 6.95. The Kier molecular flexibility index (Phi) is 6.37. The SMILES string of the molecule is CC(C)C[C@H](O)[C@H](O)CCC1CCCCC1. The molecule has 0 aliphatic heterocycles. The van der Waals surface area contributed by atoms with E-state index in [1.54, 1.807) is 0 Å². The Morgan fingerprint density at radius 2 is 1.62 bits per heavy atom. The van der Waals surface area contributed by atoms with Crippen LogP contribution in [0.2, 0.25) is 0 Å². The van der Waals surface area contributed by atoms with Crippen molar-refractivity contribution in [3.05, 3.63) is 0 Å². The summed E-state index contributed by atoms with van der Waals surface area (Å²) < 4.78 is 0. The number of rotatable bonds is 6. The molecular formula is C14H28O2. The molecule has 0 aromatic carbocycles.